The monoisotopic (exact) mass is 459 g/mol. The van der Waals surface area contributed by atoms with E-state index in [-0.39, 0.29) is 6.42 Å². The summed E-state index contributed by atoms with van der Waals surface area (Å²) in [5.41, 5.74) is 0.263. The smallest absolute Gasteiger partial charge is 0.262 e. The molecule has 1 N–H and O–H groups in total. The maximum Gasteiger partial charge on any atom is 0.262 e. The molecule has 5 heteroatoms. The van der Waals surface area contributed by atoms with Crippen LogP contribution in [0.5, 0.6) is 5.75 Å². The van der Waals surface area contributed by atoms with Gasteiger partial charge in [0, 0.05) is 18.7 Å². The Kier molecular flexibility index (Phi) is 9.00. The third-order valence-electron chi connectivity index (χ3n) is 5.92. The Bertz CT molecular complexity index is 1060. The summed E-state index contributed by atoms with van der Waals surface area (Å²) in [6, 6.07) is 26.5. The number of para-hydroxylation sites is 1. The molecule has 0 saturated carbocycles. The third-order valence-corrected chi connectivity index (χ3v) is 5.92. The number of ether oxygens (including phenoxy) is 1. The van der Waals surface area contributed by atoms with Crippen molar-refractivity contribution >= 4 is 11.7 Å². The van der Waals surface area contributed by atoms with Gasteiger partial charge < -0.3 is 14.7 Å². The molecule has 0 saturated heterocycles. The first kappa shape index (κ1) is 25.2. The number of amides is 1. The molecule has 0 radical (unpaired) electrons. The minimum absolute atomic E-state index is 0.0170. The van der Waals surface area contributed by atoms with E-state index in [4.69, 9.17) is 4.74 Å². The van der Waals surface area contributed by atoms with Crippen molar-refractivity contribution in [1.29, 1.82) is 0 Å². The highest BCUT2D eigenvalue weighted by Gasteiger charge is 2.45. The molecule has 0 heterocycles. The van der Waals surface area contributed by atoms with Gasteiger partial charge in [-0.05, 0) is 62.4 Å². The molecule has 0 aliphatic carbocycles. The lowest BCUT2D eigenvalue weighted by Gasteiger charge is -2.31. The van der Waals surface area contributed by atoms with Gasteiger partial charge in [0.1, 0.15) is 5.75 Å². The second-order valence-electron chi connectivity index (χ2n) is 8.29. The van der Waals surface area contributed by atoms with Crippen molar-refractivity contribution in [2.45, 2.75) is 38.7 Å². The largest absolute Gasteiger partial charge is 0.494 e. The average Bonchev–Trinajstić information content (AvgIpc) is 2.88. The van der Waals surface area contributed by atoms with Crippen LogP contribution in [-0.4, -0.2) is 47.0 Å². The van der Waals surface area contributed by atoms with Crippen LogP contribution in [0.15, 0.2) is 84.9 Å². The number of aliphatic hydroxyl groups is 1. The third kappa shape index (κ3) is 6.33. The number of hydrogen-bond acceptors (Lipinski definition) is 4. The van der Waals surface area contributed by atoms with Crippen molar-refractivity contribution in [2.75, 3.05) is 19.7 Å². The van der Waals surface area contributed by atoms with Crippen molar-refractivity contribution in [3.63, 3.8) is 0 Å². The van der Waals surface area contributed by atoms with Crippen LogP contribution in [0.2, 0.25) is 0 Å². The summed E-state index contributed by atoms with van der Waals surface area (Å²) in [7, 11) is 0. The maximum absolute atomic E-state index is 13.6. The predicted molar refractivity (Wildman–Crippen MR) is 134 cm³/mol. The summed E-state index contributed by atoms with van der Waals surface area (Å²) in [4.78, 5) is 28.4. The lowest BCUT2D eigenvalue weighted by atomic mass is 9.86. The van der Waals surface area contributed by atoms with Gasteiger partial charge in [0.05, 0.1) is 6.61 Å². The lowest BCUT2D eigenvalue weighted by molar-refractivity contribution is -0.146. The molecule has 0 aliphatic rings. The highest BCUT2D eigenvalue weighted by atomic mass is 16.5. The topological polar surface area (TPSA) is 66.8 Å². The van der Waals surface area contributed by atoms with Crippen molar-refractivity contribution in [3.05, 3.63) is 102 Å². The van der Waals surface area contributed by atoms with Crippen molar-refractivity contribution in [3.8, 4) is 5.75 Å². The van der Waals surface area contributed by atoms with Gasteiger partial charge >= 0.3 is 0 Å². The summed E-state index contributed by atoms with van der Waals surface area (Å²) in [6.07, 6.45) is 1.00. The van der Waals surface area contributed by atoms with E-state index in [1.54, 1.807) is 18.2 Å². The van der Waals surface area contributed by atoms with Crippen molar-refractivity contribution in [2.24, 2.45) is 0 Å². The Balaban J connectivity index is 1.79. The molecule has 3 aromatic carbocycles. The lowest BCUT2D eigenvalue weighted by Crippen LogP contribution is -2.54. The molecular formula is C29H33NO4. The quantitative estimate of drug-likeness (QED) is 0.237. The SMILES string of the molecule is CCN(CC)C(=O)C(O)(CCCOc1ccccc1)C(=O)c1cccc(Cc2ccccc2)c1. The first-order chi connectivity index (χ1) is 16.5. The van der Waals surface area contributed by atoms with Crippen LogP contribution in [0.3, 0.4) is 0 Å². The van der Waals surface area contributed by atoms with Gasteiger partial charge in [-0.15, -0.1) is 0 Å². The fraction of sp³-hybridized carbons (Fsp3) is 0.310. The van der Waals surface area contributed by atoms with Gasteiger partial charge in [0.2, 0.25) is 11.4 Å². The Morgan fingerprint density at radius 3 is 2.12 bits per heavy atom. The summed E-state index contributed by atoms with van der Waals surface area (Å²) >= 11 is 0. The van der Waals surface area contributed by atoms with Crippen molar-refractivity contribution < 1.29 is 19.4 Å². The Hall–Kier alpha value is -3.44. The van der Waals surface area contributed by atoms with Crippen LogP contribution in [0.1, 0.15) is 48.2 Å². The summed E-state index contributed by atoms with van der Waals surface area (Å²) in [6.45, 7) is 4.80. The van der Waals surface area contributed by atoms with E-state index >= 15 is 0 Å². The van der Waals surface area contributed by atoms with Gasteiger partial charge in [-0.1, -0.05) is 66.7 Å². The molecule has 1 unspecified atom stereocenters. The second kappa shape index (κ2) is 12.1. The number of hydrogen-bond donors (Lipinski definition) is 1. The van der Waals surface area contributed by atoms with E-state index in [1.807, 2.05) is 80.6 Å². The molecule has 5 nitrogen and oxygen atoms in total. The highest BCUT2D eigenvalue weighted by Crippen LogP contribution is 2.24. The number of carbonyl (C=O) groups excluding carboxylic acids is 2. The number of ketones is 1. The Labute approximate surface area is 202 Å². The molecule has 1 atom stereocenters. The van der Waals surface area contributed by atoms with E-state index in [0.29, 0.717) is 43.9 Å². The zero-order valence-electron chi connectivity index (χ0n) is 19.9. The molecule has 3 rings (SSSR count). The van der Waals surface area contributed by atoms with Crippen LogP contribution < -0.4 is 4.74 Å². The fourth-order valence-electron chi connectivity index (χ4n) is 4.02. The van der Waals surface area contributed by atoms with Gasteiger partial charge in [-0.3, -0.25) is 9.59 Å². The number of likely N-dealkylation sites (N-methyl/N-ethyl adjacent to an activating group) is 1. The van der Waals surface area contributed by atoms with Gasteiger partial charge in [0.15, 0.2) is 0 Å². The maximum atomic E-state index is 13.6. The molecule has 0 aliphatic heterocycles. The minimum Gasteiger partial charge on any atom is -0.494 e. The molecule has 0 bridgehead atoms. The van der Waals surface area contributed by atoms with E-state index in [1.165, 1.54) is 4.90 Å². The zero-order valence-corrected chi connectivity index (χ0v) is 19.9. The molecule has 0 aromatic heterocycles. The normalized spacial score (nSPS) is 12.6. The standard InChI is InChI=1S/C29H33NO4/c1-3-30(4-2)28(32)29(33,19-12-20-34-26-17-9-6-10-18-26)27(31)25-16-11-15-24(22-25)21-23-13-7-5-8-14-23/h5-11,13-18,22,33H,3-4,12,19-21H2,1-2H3. The number of benzene rings is 3. The predicted octanol–water partition coefficient (Wildman–Crippen LogP) is 4.92. The van der Waals surface area contributed by atoms with E-state index in [2.05, 4.69) is 0 Å². The van der Waals surface area contributed by atoms with Crippen LogP contribution in [0.4, 0.5) is 0 Å². The van der Waals surface area contributed by atoms with Crippen LogP contribution in [-0.2, 0) is 11.2 Å². The minimum atomic E-state index is -2.14. The molecule has 34 heavy (non-hydrogen) atoms. The van der Waals surface area contributed by atoms with E-state index in [0.717, 1.165) is 11.1 Å². The first-order valence-electron chi connectivity index (χ1n) is 11.8. The van der Waals surface area contributed by atoms with Crippen LogP contribution in [0.25, 0.3) is 0 Å². The Morgan fingerprint density at radius 2 is 1.47 bits per heavy atom. The number of nitrogens with zero attached hydrogens (tertiary/aromatic N) is 1. The average molecular weight is 460 g/mol. The molecular weight excluding hydrogens is 426 g/mol. The van der Waals surface area contributed by atoms with Crippen molar-refractivity contribution in [1.82, 2.24) is 4.90 Å². The number of Topliss-reactive ketones (excluding diaryl/α,β-unsaturated/α-hetero) is 1. The van der Waals surface area contributed by atoms with Gasteiger partial charge in [-0.25, -0.2) is 0 Å². The Morgan fingerprint density at radius 1 is 0.853 bits per heavy atom. The molecule has 0 spiro atoms. The zero-order chi connectivity index (χ0) is 24.4. The number of rotatable bonds is 12. The summed E-state index contributed by atoms with van der Waals surface area (Å²) < 4.78 is 5.72. The number of carbonyl (C=O) groups is 2. The molecule has 3 aromatic rings. The first-order valence-corrected chi connectivity index (χ1v) is 11.8. The van der Waals surface area contributed by atoms with Crippen LogP contribution >= 0.6 is 0 Å². The molecule has 178 valence electrons. The molecule has 1 amide bonds. The molecule has 0 fully saturated rings. The van der Waals surface area contributed by atoms with Gasteiger partial charge in [0.25, 0.3) is 5.91 Å². The van der Waals surface area contributed by atoms with E-state index in [9.17, 15) is 14.7 Å². The van der Waals surface area contributed by atoms with Gasteiger partial charge in [-0.2, -0.15) is 0 Å². The summed E-state index contributed by atoms with van der Waals surface area (Å²) in [5, 5.41) is 11.5. The highest BCUT2D eigenvalue weighted by molar-refractivity contribution is 6.16. The van der Waals surface area contributed by atoms with Crippen LogP contribution in [0, 0.1) is 0 Å². The summed E-state index contributed by atoms with van der Waals surface area (Å²) in [5.74, 6) is -0.421. The second-order valence-corrected chi connectivity index (χ2v) is 8.29. The fourth-order valence-corrected chi connectivity index (χ4v) is 4.02. The van der Waals surface area contributed by atoms with E-state index < -0.39 is 17.3 Å².